The topological polar surface area (TPSA) is 50.4 Å². The molecule has 0 saturated heterocycles. The summed E-state index contributed by atoms with van der Waals surface area (Å²) in [6, 6.07) is 13.2. The Morgan fingerprint density at radius 2 is 2.00 bits per heavy atom. The molecule has 1 amide bonds. The van der Waals surface area contributed by atoms with Crippen molar-refractivity contribution in [3.05, 3.63) is 54.3 Å². The molecule has 2 rings (SSSR count). The third kappa shape index (κ3) is 3.71. The van der Waals surface area contributed by atoms with E-state index in [-0.39, 0.29) is 18.3 Å². The van der Waals surface area contributed by atoms with Gasteiger partial charge in [0.2, 0.25) is 5.91 Å². The third-order valence-corrected chi connectivity index (χ3v) is 2.67. The van der Waals surface area contributed by atoms with Crippen molar-refractivity contribution < 1.29 is 13.9 Å². The molecule has 104 valence electrons. The molecule has 0 spiro atoms. The first kappa shape index (κ1) is 13.9. The monoisotopic (exact) mass is 274 g/mol. The number of amides is 1. The Morgan fingerprint density at radius 3 is 2.75 bits per heavy atom. The fraction of sp³-hybridized carbons (Fsp3) is 0.133. The molecule has 0 aromatic heterocycles. The number of carbonyl (C=O) groups is 1. The highest BCUT2D eigenvalue weighted by atomic mass is 19.1. The first-order valence-corrected chi connectivity index (χ1v) is 6.11. The molecule has 0 unspecified atom stereocenters. The van der Waals surface area contributed by atoms with Gasteiger partial charge in [-0.25, -0.2) is 4.39 Å². The summed E-state index contributed by atoms with van der Waals surface area (Å²) in [4.78, 5) is 11.8. The zero-order valence-corrected chi connectivity index (χ0v) is 11.0. The predicted octanol–water partition coefficient (Wildman–Crippen LogP) is 2.88. The average molecular weight is 274 g/mol. The molecule has 4 nitrogen and oxygen atoms in total. The second-order valence-corrected chi connectivity index (χ2v) is 4.11. The minimum atomic E-state index is -0.387. The van der Waals surface area contributed by atoms with Gasteiger partial charge in [0.25, 0.3) is 0 Å². The molecule has 20 heavy (non-hydrogen) atoms. The molecule has 0 saturated carbocycles. The Balaban J connectivity index is 1.91. The van der Waals surface area contributed by atoms with E-state index in [2.05, 4.69) is 10.6 Å². The summed E-state index contributed by atoms with van der Waals surface area (Å²) in [7, 11) is 1.56. The summed E-state index contributed by atoms with van der Waals surface area (Å²) >= 11 is 0. The summed E-state index contributed by atoms with van der Waals surface area (Å²) in [5.41, 5.74) is 0.929. The van der Waals surface area contributed by atoms with Crippen molar-refractivity contribution in [2.45, 2.75) is 0 Å². The van der Waals surface area contributed by atoms with Crippen LogP contribution in [0.25, 0.3) is 0 Å². The SMILES string of the molecule is COc1cccc(NC(=O)CNc2ccccc2F)c1. The van der Waals surface area contributed by atoms with Crippen LogP contribution < -0.4 is 15.4 Å². The zero-order chi connectivity index (χ0) is 14.4. The summed E-state index contributed by atoms with van der Waals surface area (Å²) in [5.74, 6) is 0.00745. The number of hydrogen-bond acceptors (Lipinski definition) is 3. The summed E-state index contributed by atoms with van der Waals surface area (Å²) < 4.78 is 18.4. The highest BCUT2D eigenvalue weighted by Crippen LogP contribution is 2.16. The van der Waals surface area contributed by atoms with Crippen LogP contribution in [0.3, 0.4) is 0 Å². The van der Waals surface area contributed by atoms with Crippen LogP contribution in [-0.2, 0) is 4.79 Å². The van der Waals surface area contributed by atoms with Gasteiger partial charge in [0.1, 0.15) is 11.6 Å². The zero-order valence-electron chi connectivity index (χ0n) is 11.0. The quantitative estimate of drug-likeness (QED) is 0.881. The standard InChI is InChI=1S/C15H15FN2O2/c1-20-12-6-4-5-11(9-12)18-15(19)10-17-14-8-3-2-7-13(14)16/h2-9,17H,10H2,1H3,(H,18,19). The van der Waals surface area contributed by atoms with Crippen LogP contribution in [0.4, 0.5) is 15.8 Å². The van der Waals surface area contributed by atoms with Crippen molar-refractivity contribution in [3.63, 3.8) is 0 Å². The van der Waals surface area contributed by atoms with E-state index < -0.39 is 0 Å². The first-order valence-electron chi connectivity index (χ1n) is 6.11. The van der Waals surface area contributed by atoms with Gasteiger partial charge >= 0.3 is 0 Å². The predicted molar refractivity (Wildman–Crippen MR) is 76.5 cm³/mol. The molecule has 2 aromatic rings. The molecule has 0 radical (unpaired) electrons. The number of carbonyl (C=O) groups excluding carboxylic acids is 1. The molecule has 2 N–H and O–H groups in total. The van der Waals surface area contributed by atoms with Gasteiger partial charge in [0.05, 0.1) is 19.3 Å². The number of ether oxygens (including phenoxy) is 1. The van der Waals surface area contributed by atoms with Crippen LogP contribution in [0.5, 0.6) is 5.75 Å². The summed E-state index contributed by atoms with van der Waals surface area (Å²) in [6.45, 7) is -0.0157. The molecule has 0 fully saturated rings. The number of rotatable bonds is 5. The van der Waals surface area contributed by atoms with Gasteiger partial charge in [-0.05, 0) is 24.3 Å². The van der Waals surface area contributed by atoms with Crippen LogP contribution >= 0.6 is 0 Å². The molecule has 0 aliphatic carbocycles. The van der Waals surface area contributed by atoms with E-state index in [4.69, 9.17) is 4.74 Å². The summed E-state index contributed by atoms with van der Waals surface area (Å²) in [5, 5.41) is 5.45. The minimum Gasteiger partial charge on any atom is -0.497 e. The Kier molecular flexibility index (Phi) is 4.55. The van der Waals surface area contributed by atoms with Crippen LogP contribution in [0.1, 0.15) is 0 Å². The molecule has 2 aromatic carbocycles. The van der Waals surface area contributed by atoms with Crippen LogP contribution in [-0.4, -0.2) is 19.6 Å². The Morgan fingerprint density at radius 1 is 1.20 bits per heavy atom. The van der Waals surface area contributed by atoms with Crippen LogP contribution in [0.15, 0.2) is 48.5 Å². The van der Waals surface area contributed by atoms with Gasteiger partial charge in [-0.3, -0.25) is 4.79 Å². The molecular weight excluding hydrogens is 259 g/mol. The molecule has 0 atom stereocenters. The van der Waals surface area contributed by atoms with Crippen molar-refractivity contribution >= 4 is 17.3 Å². The first-order chi connectivity index (χ1) is 9.69. The van der Waals surface area contributed by atoms with Gasteiger partial charge in [0.15, 0.2) is 0 Å². The number of benzene rings is 2. The maximum atomic E-state index is 13.4. The van der Waals surface area contributed by atoms with E-state index in [0.29, 0.717) is 17.1 Å². The number of nitrogens with one attached hydrogen (secondary N) is 2. The highest BCUT2D eigenvalue weighted by Gasteiger charge is 2.05. The molecular formula is C15H15FN2O2. The summed E-state index contributed by atoms with van der Waals surface area (Å²) in [6.07, 6.45) is 0. The lowest BCUT2D eigenvalue weighted by molar-refractivity contribution is -0.114. The Bertz CT molecular complexity index is 602. The molecule has 0 bridgehead atoms. The normalized spacial score (nSPS) is 9.90. The van der Waals surface area contributed by atoms with E-state index in [0.717, 1.165) is 0 Å². The van der Waals surface area contributed by atoms with Crippen LogP contribution in [0.2, 0.25) is 0 Å². The maximum Gasteiger partial charge on any atom is 0.243 e. The number of methoxy groups -OCH3 is 1. The second-order valence-electron chi connectivity index (χ2n) is 4.11. The number of hydrogen-bond donors (Lipinski definition) is 2. The van der Waals surface area contributed by atoms with Gasteiger partial charge < -0.3 is 15.4 Å². The maximum absolute atomic E-state index is 13.4. The van der Waals surface area contributed by atoms with E-state index in [1.54, 1.807) is 49.6 Å². The Labute approximate surface area is 116 Å². The van der Waals surface area contributed by atoms with Crippen LogP contribution in [0, 0.1) is 5.82 Å². The van der Waals surface area contributed by atoms with E-state index in [9.17, 15) is 9.18 Å². The lowest BCUT2D eigenvalue weighted by Gasteiger charge is -2.09. The average Bonchev–Trinajstić information content (AvgIpc) is 2.46. The number of anilines is 2. The number of para-hydroxylation sites is 1. The molecule has 0 aliphatic rings. The largest absolute Gasteiger partial charge is 0.497 e. The lowest BCUT2D eigenvalue weighted by atomic mass is 10.3. The van der Waals surface area contributed by atoms with Gasteiger partial charge in [-0.15, -0.1) is 0 Å². The smallest absolute Gasteiger partial charge is 0.243 e. The van der Waals surface area contributed by atoms with Gasteiger partial charge in [-0.1, -0.05) is 18.2 Å². The van der Waals surface area contributed by atoms with Crippen molar-refractivity contribution in [1.29, 1.82) is 0 Å². The molecule has 0 aliphatic heterocycles. The number of halogens is 1. The Hall–Kier alpha value is -2.56. The third-order valence-electron chi connectivity index (χ3n) is 2.67. The minimum absolute atomic E-state index is 0.0157. The van der Waals surface area contributed by atoms with E-state index in [1.165, 1.54) is 6.07 Å². The lowest BCUT2D eigenvalue weighted by Crippen LogP contribution is -2.22. The highest BCUT2D eigenvalue weighted by molar-refractivity contribution is 5.93. The molecule has 0 heterocycles. The van der Waals surface area contributed by atoms with E-state index >= 15 is 0 Å². The van der Waals surface area contributed by atoms with E-state index in [1.807, 2.05) is 0 Å². The van der Waals surface area contributed by atoms with Gasteiger partial charge in [0, 0.05) is 11.8 Å². The van der Waals surface area contributed by atoms with Crippen molar-refractivity contribution in [1.82, 2.24) is 0 Å². The fourth-order valence-corrected chi connectivity index (χ4v) is 1.69. The molecule has 5 heteroatoms. The van der Waals surface area contributed by atoms with Crippen molar-refractivity contribution in [2.75, 3.05) is 24.3 Å². The van der Waals surface area contributed by atoms with Crippen molar-refractivity contribution in [2.24, 2.45) is 0 Å². The van der Waals surface area contributed by atoms with Crippen molar-refractivity contribution in [3.8, 4) is 5.75 Å². The van der Waals surface area contributed by atoms with Gasteiger partial charge in [-0.2, -0.15) is 0 Å². The fourth-order valence-electron chi connectivity index (χ4n) is 1.69. The second kappa shape index (κ2) is 6.56.